The van der Waals surface area contributed by atoms with E-state index in [-0.39, 0.29) is 16.6 Å². The number of nitrogens with zero attached hydrogens (tertiary/aromatic N) is 1. The fourth-order valence-corrected chi connectivity index (χ4v) is 1.64. The highest BCUT2D eigenvalue weighted by Gasteiger charge is 2.22. The molecule has 0 fully saturated rings. The summed E-state index contributed by atoms with van der Waals surface area (Å²) in [5, 5.41) is 8.44. The summed E-state index contributed by atoms with van der Waals surface area (Å²) < 4.78 is 38.6. The lowest BCUT2D eigenvalue weighted by atomic mass is 10.1. The third kappa shape index (κ3) is 2.72. The maximum Gasteiger partial charge on any atom is 0.307 e. The monoisotopic (exact) mass is 297 g/mol. The second kappa shape index (κ2) is 5.29. The zero-order chi connectivity index (χ0) is 12.3. The zero-order valence-corrected chi connectivity index (χ0v) is 9.47. The summed E-state index contributed by atoms with van der Waals surface area (Å²) in [7, 11) is 0. The minimum Gasteiger partial charge on any atom is -0.481 e. The highest BCUT2D eigenvalue weighted by molar-refractivity contribution is 9.08. The average Bonchev–Trinajstić information content (AvgIpc) is 2.19. The van der Waals surface area contributed by atoms with Crippen LogP contribution in [0.4, 0.5) is 13.2 Å². The minimum atomic E-state index is -3.02. The van der Waals surface area contributed by atoms with Gasteiger partial charge in [-0.1, -0.05) is 15.9 Å². The van der Waals surface area contributed by atoms with Gasteiger partial charge in [-0.25, -0.2) is 13.2 Å². The minimum absolute atomic E-state index is 0.0169. The van der Waals surface area contributed by atoms with Gasteiger partial charge in [0.15, 0.2) is 0 Å². The number of aliphatic carboxylic acids is 1. The van der Waals surface area contributed by atoms with Crippen LogP contribution < -0.4 is 0 Å². The van der Waals surface area contributed by atoms with Crippen LogP contribution in [0.5, 0.6) is 0 Å². The molecule has 0 radical (unpaired) electrons. The summed E-state index contributed by atoms with van der Waals surface area (Å²) in [6.07, 6.45) is -2.72. The van der Waals surface area contributed by atoms with Crippen molar-refractivity contribution in [2.45, 2.75) is 18.2 Å². The topological polar surface area (TPSA) is 50.2 Å². The van der Waals surface area contributed by atoms with Gasteiger partial charge in [-0.15, -0.1) is 0 Å². The van der Waals surface area contributed by atoms with Gasteiger partial charge in [0.05, 0.1) is 17.7 Å². The molecule has 0 amide bonds. The highest BCUT2D eigenvalue weighted by atomic mass is 79.9. The molecule has 1 heterocycles. The van der Waals surface area contributed by atoms with Crippen molar-refractivity contribution >= 4 is 21.9 Å². The molecule has 0 aromatic carbocycles. The number of carboxylic acid groups (broad SMARTS) is 1. The van der Waals surface area contributed by atoms with E-state index < -0.39 is 30.2 Å². The Kier molecular flexibility index (Phi) is 4.28. The molecule has 7 heteroatoms. The lowest BCUT2D eigenvalue weighted by Crippen LogP contribution is -2.08. The SMILES string of the molecule is O=C(O)Cc1cnc(CBr)c(C(F)F)c1F. The molecule has 0 spiro atoms. The number of hydrogen-bond donors (Lipinski definition) is 1. The molecule has 0 atom stereocenters. The van der Waals surface area contributed by atoms with Gasteiger partial charge < -0.3 is 5.11 Å². The van der Waals surface area contributed by atoms with E-state index in [4.69, 9.17) is 5.11 Å². The number of alkyl halides is 3. The quantitative estimate of drug-likeness (QED) is 0.869. The second-order valence-corrected chi connectivity index (χ2v) is 3.52. The van der Waals surface area contributed by atoms with Crippen LogP contribution in [0.25, 0.3) is 0 Å². The van der Waals surface area contributed by atoms with E-state index in [0.717, 1.165) is 6.20 Å². The maximum absolute atomic E-state index is 13.5. The lowest BCUT2D eigenvalue weighted by molar-refractivity contribution is -0.136. The molecule has 1 aromatic rings. The number of pyridine rings is 1. The number of aromatic nitrogens is 1. The third-order valence-electron chi connectivity index (χ3n) is 1.89. The van der Waals surface area contributed by atoms with Gasteiger partial charge in [0.25, 0.3) is 6.43 Å². The van der Waals surface area contributed by atoms with Gasteiger partial charge in [-0.2, -0.15) is 0 Å². The van der Waals surface area contributed by atoms with Crippen LogP contribution in [-0.4, -0.2) is 16.1 Å². The fraction of sp³-hybridized carbons (Fsp3) is 0.333. The molecule has 0 bridgehead atoms. The van der Waals surface area contributed by atoms with Gasteiger partial charge in [0.2, 0.25) is 0 Å². The lowest BCUT2D eigenvalue weighted by Gasteiger charge is -2.09. The Balaban J connectivity index is 3.26. The van der Waals surface area contributed by atoms with Crippen molar-refractivity contribution in [3.8, 4) is 0 Å². The van der Waals surface area contributed by atoms with Gasteiger partial charge >= 0.3 is 5.97 Å². The molecule has 0 saturated carbocycles. The number of rotatable bonds is 4. The molecule has 88 valence electrons. The van der Waals surface area contributed by atoms with E-state index >= 15 is 0 Å². The molecule has 0 aliphatic rings. The van der Waals surface area contributed by atoms with E-state index in [2.05, 4.69) is 20.9 Å². The van der Waals surface area contributed by atoms with Gasteiger partial charge in [-0.05, 0) is 0 Å². The van der Waals surface area contributed by atoms with E-state index in [1.54, 1.807) is 0 Å². The predicted molar refractivity (Wildman–Crippen MR) is 53.1 cm³/mol. The molecule has 0 saturated heterocycles. The molecular weight excluding hydrogens is 291 g/mol. The van der Waals surface area contributed by atoms with Crippen molar-refractivity contribution in [3.63, 3.8) is 0 Å². The van der Waals surface area contributed by atoms with E-state index in [1.807, 2.05) is 0 Å². The van der Waals surface area contributed by atoms with Crippen molar-refractivity contribution < 1.29 is 23.1 Å². The van der Waals surface area contributed by atoms with Crippen LogP contribution in [0.2, 0.25) is 0 Å². The summed E-state index contributed by atoms with van der Waals surface area (Å²) in [5.41, 5.74) is -1.30. The summed E-state index contributed by atoms with van der Waals surface area (Å²) in [6.45, 7) is 0. The zero-order valence-electron chi connectivity index (χ0n) is 7.88. The largest absolute Gasteiger partial charge is 0.481 e. The van der Waals surface area contributed by atoms with E-state index in [9.17, 15) is 18.0 Å². The molecule has 1 N–H and O–H groups in total. The molecule has 0 unspecified atom stereocenters. The molecule has 0 aliphatic heterocycles. The number of carbonyl (C=O) groups is 1. The Hall–Kier alpha value is -1.11. The Bertz CT molecular complexity index is 412. The first-order chi connectivity index (χ1) is 7.47. The van der Waals surface area contributed by atoms with Crippen molar-refractivity contribution in [2.24, 2.45) is 0 Å². The number of carboxylic acids is 1. The average molecular weight is 298 g/mol. The molecule has 3 nitrogen and oxygen atoms in total. The Labute approximate surface area is 97.4 Å². The number of halogens is 4. The first-order valence-electron chi connectivity index (χ1n) is 4.19. The molecule has 1 rings (SSSR count). The first kappa shape index (κ1) is 13.0. The smallest absolute Gasteiger partial charge is 0.307 e. The summed E-state index contributed by atoms with van der Waals surface area (Å²) in [6, 6.07) is 0. The Morgan fingerprint density at radius 1 is 1.56 bits per heavy atom. The van der Waals surface area contributed by atoms with Gasteiger partial charge in [0.1, 0.15) is 5.82 Å². The summed E-state index contributed by atoms with van der Waals surface area (Å²) in [5.74, 6) is -2.49. The molecule has 1 aromatic heterocycles. The number of hydrogen-bond acceptors (Lipinski definition) is 2. The fourth-order valence-electron chi connectivity index (χ4n) is 1.20. The normalized spacial score (nSPS) is 10.8. The van der Waals surface area contributed by atoms with Gasteiger partial charge in [-0.3, -0.25) is 9.78 Å². The molecule has 0 aliphatic carbocycles. The second-order valence-electron chi connectivity index (χ2n) is 2.96. The Morgan fingerprint density at radius 2 is 2.19 bits per heavy atom. The van der Waals surface area contributed by atoms with Crippen LogP contribution >= 0.6 is 15.9 Å². The van der Waals surface area contributed by atoms with Crippen LogP contribution in [0.1, 0.15) is 23.2 Å². The summed E-state index contributed by atoms with van der Waals surface area (Å²) in [4.78, 5) is 14.0. The highest BCUT2D eigenvalue weighted by Crippen LogP contribution is 2.28. The van der Waals surface area contributed by atoms with E-state index in [1.165, 1.54) is 0 Å². The van der Waals surface area contributed by atoms with Crippen LogP contribution in [-0.2, 0) is 16.5 Å². The van der Waals surface area contributed by atoms with Crippen molar-refractivity contribution in [3.05, 3.63) is 28.8 Å². The van der Waals surface area contributed by atoms with E-state index in [0.29, 0.717) is 0 Å². The van der Waals surface area contributed by atoms with Crippen LogP contribution in [0.15, 0.2) is 6.20 Å². The summed E-state index contributed by atoms with van der Waals surface area (Å²) >= 11 is 2.91. The van der Waals surface area contributed by atoms with Crippen LogP contribution in [0, 0.1) is 5.82 Å². The maximum atomic E-state index is 13.5. The van der Waals surface area contributed by atoms with Crippen molar-refractivity contribution in [2.75, 3.05) is 0 Å². The Morgan fingerprint density at radius 3 is 2.62 bits per heavy atom. The standard InChI is InChI=1S/C9H7BrF3NO2/c10-2-5-7(9(12)13)8(11)4(3-14-5)1-6(15)16/h3,9H,1-2H2,(H,15,16). The van der Waals surface area contributed by atoms with Crippen molar-refractivity contribution in [1.82, 2.24) is 4.98 Å². The third-order valence-corrected chi connectivity index (χ3v) is 2.42. The van der Waals surface area contributed by atoms with Crippen molar-refractivity contribution in [1.29, 1.82) is 0 Å². The first-order valence-corrected chi connectivity index (χ1v) is 5.31. The van der Waals surface area contributed by atoms with Crippen LogP contribution in [0.3, 0.4) is 0 Å². The van der Waals surface area contributed by atoms with Gasteiger partial charge in [0, 0.05) is 17.1 Å². The molecular formula is C9H7BrF3NO2. The predicted octanol–water partition coefficient (Wildman–Crippen LogP) is 2.68. The molecule has 16 heavy (non-hydrogen) atoms.